The van der Waals surface area contributed by atoms with Crippen LogP contribution in [-0.2, 0) is 20.0 Å². The summed E-state index contributed by atoms with van der Waals surface area (Å²) in [5.74, 6) is -1.41. The molecule has 0 aromatic heterocycles. The van der Waals surface area contributed by atoms with Gasteiger partial charge < -0.3 is 19.3 Å². The van der Waals surface area contributed by atoms with Gasteiger partial charge in [0.15, 0.2) is 23.8 Å². The highest BCUT2D eigenvalue weighted by Crippen LogP contribution is 2.64. The van der Waals surface area contributed by atoms with E-state index in [4.69, 9.17) is 14.2 Å². The summed E-state index contributed by atoms with van der Waals surface area (Å²) in [6.45, 7) is 0. The second-order valence-corrected chi connectivity index (χ2v) is 5.66. The van der Waals surface area contributed by atoms with Crippen LogP contribution < -0.4 is 0 Å². The molecule has 0 amide bonds. The van der Waals surface area contributed by atoms with Crippen LogP contribution in [0.5, 0.6) is 0 Å². The van der Waals surface area contributed by atoms with Crippen LogP contribution in [0.3, 0.4) is 0 Å². The Morgan fingerprint density at radius 2 is 2.05 bits per heavy atom. The third kappa shape index (κ3) is 0.922. The molecular weight excluding hydrogens is 248 g/mol. The average Bonchev–Trinajstić information content (AvgIpc) is 2.79. The third-order valence-corrected chi connectivity index (χ3v) is 4.75. The fourth-order valence-corrected chi connectivity index (χ4v) is 4.04. The van der Waals surface area contributed by atoms with Gasteiger partial charge >= 0.3 is 0 Å². The molecule has 0 radical (unpaired) electrons. The molecule has 4 aliphatic heterocycles. The molecule has 19 heavy (non-hydrogen) atoms. The Bertz CT molecular complexity index is 596. The topological polar surface area (TPSA) is 65.0 Å². The number of aliphatic hydroxyl groups excluding tert-OH is 1. The largest absolute Gasteiger partial charge is 0.382 e. The van der Waals surface area contributed by atoms with Gasteiger partial charge in [-0.15, -0.1) is 0 Å². The van der Waals surface area contributed by atoms with Gasteiger partial charge in [0, 0.05) is 24.0 Å². The van der Waals surface area contributed by atoms with Crippen molar-refractivity contribution < 1.29 is 24.1 Å². The summed E-state index contributed by atoms with van der Waals surface area (Å²) in [5.41, 5.74) is 0.0962. The van der Waals surface area contributed by atoms with Crippen LogP contribution in [0.2, 0.25) is 0 Å². The Balaban J connectivity index is 1.86. The second kappa shape index (κ2) is 2.91. The van der Waals surface area contributed by atoms with Crippen LogP contribution in [0.15, 0.2) is 24.3 Å². The molecule has 6 rings (SSSR count). The van der Waals surface area contributed by atoms with Gasteiger partial charge in [-0.25, -0.2) is 0 Å². The van der Waals surface area contributed by atoms with Crippen LogP contribution in [0.4, 0.5) is 0 Å². The minimum absolute atomic E-state index is 0.0129. The third-order valence-electron chi connectivity index (χ3n) is 4.75. The van der Waals surface area contributed by atoms with Crippen molar-refractivity contribution in [2.45, 2.75) is 42.7 Å². The van der Waals surface area contributed by atoms with E-state index in [1.807, 2.05) is 12.1 Å². The number of ether oxygens (including phenoxy) is 3. The summed E-state index contributed by atoms with van der Waals surface area (Å²) in [6, 6.07) is 7.15. The number of benzene rings is 1. The molecule has 5 heteroatoms. The van der Waals surface area contributed by atoms with E-state index >= 15 is 0 Å². The number of carbonyl (C=O) groups is 1. The molecule has 4 heterocycles. The van der Waals surface area contributed by atoms with Gasteiger partial charge in [-0.1, -0.05) is 24.3 Å². The molecule has 5 nitrogen and oxygen atoms in total. The number of hydrogen-bond donors (Lipinski definition) is 1. The minimum atomic E-state index is -1.22. The standard InChI is InChI=1S/C14H12O5/c15-11-8-3-1-2-4-9(8)14-13(12(11)16)6-7(17-14)5-10(18-13)19-14/h1-4,7,10,12,16H,5-6H2/t7?,10-,12?,13?,14-/m1/s1. The maximum absolute atomic E-state index is 12.4. The molecule has 3 unspecified atom stereocenters. The monoisotopic (exact) mass is 260 g/mol. The Morgan fingerprint density at radius 1 is 1.21 bits per heavy atom. The van der Waals surface area contributed by atoms with E-state index < -0.39 is 17.5 Å². The predicted molar refractivity (Wildman–Crippen MR) is 61.3 cm³/mol. The van der Waals surface area contributed by atoms with Gasteiger partial charge in [0.1, 0.15) is 0 Å². The zero-order chi connectivity index (χ0) is 12.8. The number of rotatable bonds is 0. The highest BCUT2D eigenvalue weighted by molar-refractivity contribution is 6.03. The zero-order valence-electron chi connectivity index (χ0n) is 10.0. The lowest BCUT2D eigenvalue weighted by atomic mass is 9.72. The summed E-state index contributed by atoms with van der Waals surface area (Å²) < 4.78 is 17.8. The van der Waals surface area contributed by atoms with Crippen molar-refractivity contribution in [3.63, 3.8) is 0 Å². The van der Waals surface area contributed by atoms with E-state index in [0.29, 0.717) is 24.0 Å². The van der Waals surface area contributed by atoms with Crippen LogP contribution in [0.25, 0.3) is 0 Å². The molecule has 4 fully saturated rings. The van der Waals surface area contributed by atoms with Crippen LogP contribution >= 0.6 is 0 Å². The van der Waals surface area contributed by atoms with Crippen molar-refractivity contribution in [2.75, 3.05) is 0 Å². The Labute approximate surface area is 109 Å². The Hall–Kier alpha value is -1.27. The number of carbonyl (C=O) groups excluding carboxylic acids is 1. The molecule has 4 bridgehead atoms. The first-order chi connectivity index (χ1) is 9.16. The predicted octanol–water partition coefficient (Wildman–Crippen LogP) is 0.701. The smallest absolute Gasteiger partial charge is 0.231 e. The van der Waals surface area contributed by atoms with E-state index in [1.165, 1.54) is 0 Å². The molecule has 1 N–H and O–H groups in total. The van der Waals surface area contributed by atoms with Crippen molar-refractivity contribution in [2.24, 2.45) is 0 Å². The molecule has 0 saturated carbocycles. The molecule has 5 aliphatic rings. The summed E-state index contributed by atoms with van der Waals surface area (Å²) in [4.78, 5) is 12.4. The highest BCUT2D eigenvalue weighted by atomic mass is 16.9. The van der Waals surface area contributed by atoms with Crippen LogP contribution in [-0.4, -0.2) is 35.0 Å². The molecule has 1 aromatic carbocycles. The number of Topliss-reactive ketones (excluding diaryl/α,β-unsaturated/α-hetero) is 1. The maximum Gasteiger partial charge on any atom is 0.231 e. The average molecular weight is 260 g/mol. The van der Waals surface area contributed by atoms with E-state index in [9.17, 15) is 9.90 Å². The fraction of sp³-hybridized carbons (Fsp3) is 0.500. The van der Waals surface area contributed by atoms with Gasteiger partial charge in [0.2, 0.25) is 5.79 Å². The maximum atomic E-state index is 12.4. The zero-order valence-corrected chi connectivity index (χ0v) is 10.0. The van der Waals surface area contributed by atoms with Gasteiger partial charge in [0.25, 0.3) is 0 Å². The van der Waals surface area contributed by atoms with E-state index in [2.05, 4.69) is 0 Å². The number of fused-ring (bicyclic) bond motifs is 1. The number of aliphatic hydroxyl groups is 1. The normalized spacial score (nSPS) is 49.3. The quantitative estimate of drug-likeness (QED) is 0.744. The Morgan fingerprint density at radius 3 is 2.89 bits per heavy atom. The van der Waals surface area contributed by atoms with Crippen molar-refractivity contribution in [3.05, 3.63) is 35.4 Å². The van der Waals surface area contributed by atoms with Crippen molar-refractivity contribution in [3.8, 4) is 0 Å². The van der Waals surface area contributed by atoms with Gasteiger partial charge in [-0.3, -0.25) is 4.79 Å². The molecule has 1 aliphatic carbocycles. The first-order valence-corrected chi connectivity index (χ1v) is 6.51. The lowest BCUT2D eigenvalue weighted by Gasteiger charge is -2.42. The van der Waals surface area contributed by atoms with Crippen molar-refractivity contribution in [1.82, 2.24) is 0 Å². The summed E-state index contributed by atoms with van der Waals surface area (Å²) in [5, 5.41) is 10.5. The van der Waals surface area contributed by atoms with Crippen molar-refractivity contribution in [1.29, 1.82) is 0 Å². The Kier molecular flexibility index (Phi) is 1.61. The molecular formula is C14H12O5. The van der Waals surface area contributed by atoms with Gasteiger partial charge in [0.05, 0.1) is 6.10 Å². The van der Waals surface area contributed by atoms with Gasteiger partial charge in [-0.05, 0) is 0 Å². The van der Waals surface area contributed by atoms with E-state index in [-0.39, 0.29) is 18.2 Å². The summed E-state index contributed by atoms with van der Waals surface area (Å²) in [6.07, 6.45) is -0.461. The lowest BCUT2D eigenvalue weighted by Crippen LogP contribution is -2.60. The van der Waals surface area contributed by atoms with E-state index in [0.717, 1.165) is 0 Å². The van der Waals surface area contributed by atoms with Gasteiger partial charge in [-0.2, -0.15) is 0 Å². The number of ketones is 1. The summed E-state index contributed by atoms with van der Waals surface area (Å²) in [7, 11) is 0. The minimum Gasteiger partial charge on any atom is -0.382 e. The molecule has 1 aromatic rings. The molecule has 5 atom stereocenters. The molecule has 4 saturated heterocycles. The highest BCUT2D eigenvalue weighted by Gasteiger charge is 2.78. The second-order valence-electron chi connectivity index (χ2n) is 5.66. The molecule has 98 valence electrons. The number of hydrogen-bond acceptors (Lipinski definition) is 5. The summed E-state index contributed by atoms with van der Waals surface area (Å²) >= 11 is 0. The fourth-order valence-electron chi connectivity index (χ4n) is 4.04. The lowest BCUT2D eigenvalue weighted by molar-refractivity contribution is -0.284. The van der Waals surface area contributed by atoms with E-state index in [1.54, 1.807) is 12.1 Å². The van der Waals surface area contributed by atoms with Crippen LogP contribution in [0.1, 0.15) is 28.8 Å². The SMILES string of the molecule is O=C1c2ccccc2[C@]23OC4C[C@H](OC2(C4)C1O)O3. The van der Waals surface area contributed by atoms with Crippen molar-refractivity contribution >= 4 is 5.78 Å². The van der Waals surface area contributed by atoms with Crippen LogP contribution in [0, 0.1) is 0 Å². The molecule has 2 spiro atoms. The first-order valence-electron chi connectivity index (χ1n) is 6.51. The first kappa shape index (κ1) is 10.5.